The predicted molar refractivity (Wildman–Crippen MR) is 129 cm³/mol. The monoisotopic (exact) mass is 476 g/mol. The second kappa shape index (κ2) is 10.4. The fourth-order valence-corrected chi connectivity index (χ4v) is 4.45. The quantitative estimate of drug-likeness (QED) is 0.436. The Bertz CT molecular complexity index is 1210. The van der Waals surface area contributed by atoms with E-state index >= 15 is 0 Å². The summed E-state index contributed by atoms with van der Waals surface area (Å²) in [7, 11) is 1.53. The largest absolute Gasteiger partial charge is 0.477 e. The number of aromatic nitrogens is 2. The van der Waals surface area contributed by atoms with Gasteiger partial charge < -0.3 is 20.5 Å². The minimum absolute atomic E-state index is 0.0143. The minimum atomic E-state index is -1.10. The number of amides is 2. The third-order valence-corrected chi connectivity index (χ3v) is 6.17. The molecule has 9 nitrogen and oxygen atoms in total. The number of fused-ring (bicyclic) bond motifs is 3. The topological polar surface area (TPSA) is 123 Å². The highest BCUT2D eigenvalue weighted by molar-refractivity contribution is 5.87. The molecule has 0 saturated heterocycles. The Morgan fingerprint density at radius 3 is 2.31 bits per heavy atom. The van der Waals surface area contributed by atoms with Crippen LogP contribution in [-0.4, -0.2) is 46.0 Å². The third-order valence-electron chi connectivity index (χ3n) is 6.17. The van der Waals surface area contributed by atoms with Crippen molar-refractivity contribution in [1.82, 2.24) is 20.4 Å². The average molecular weight is 477 g/mol. The van der Waals surface area contributed by atoms with Gasteiger partial charge in [0.15, 0.2) is 5.69 Å². The highest BCUT2D eigenvalue weighted by Gasteiger charge is 2.29. The molecule has 2 amide bonds. The van der Waals surface area contributed by atoms with E-state index in [2.05, 4.69) is 40.0 Å². The summed E-state index contributed by atoms with van der Waals surface area (Å²) in [6.07, 6.45) is 1.07. The summed E-state index contributed by atoms with van der Waals surface area (Å²) >= 11 is 0. The number of nitrogens with one attached hydrogen (secondary N) is 2. The van der Waals surface area contributed by atoms with Gasteiger partial charge in [-0.25, -0.2) is 9.59 Å². The number of carboxylic acid groups (broad SMARTS) is 1. The Balaban J connectivity index is 1.22. The smallest absolute Gasteiger partial charge is 0.407 e. The van der Waals surface area contributed by atoms with Gasteiger partial charge >= 0.3 is 12.1 Å². The molecule has 3 aromatic rings. The molecule has 2 aromatic carbocycles. The van der Waals surface area contributed by atoms with Crippen molar-refractivity contribution in [3.63, 3.8) is 0 Å². The molecule has 4 rings (SSSR count). The van der Waals surface area contributed by atoms with Gasteiger partial charge in [0.25, 0.3) is 0 Å². The lowest BCUT2D eigenvalue weighted by Crippen LogP contribution is -2.33. The summed E-state index contributed by atoms with van der Waals surface area (Å²) in [4.78, 5) is 35.9. The molecule has 1 heterocycles. The molecule has 0 fully saturated rings. The van der Waals surface area contributed by atoms with E-state index in [1.54, 1.807) is 0 Å². The van der Waals surface area contributed by atoms with Crippen molar-refractivity contribution in [3.8, 4) is 11.1 Å². The lowest BCUT2D eigenvalue weighted by atomic mass is 9.98. The van der Waals surface area contributed by atoms with Crippen LogP contribution in [0.3, 0.4) is 0 Å². The highest BCUT2D eigenvalue weighted by Crippen LogP contribution is 2.44. The lowest BCUT2D eigenvalue weighted by molar-refractivity contribution is -0.122. The fourth-order valence-electron chi connectivity index (χ4n) is 4.45. The Hall–Kier alpha value is -4.14. The van der Waals surface area contributed by atoms with Gasteiger partial charge in [0.2, 0.25) is 5.91 Å². The maximum absolute atomic E-state index is 12.3. The minimum Gasteiger partial charge on any atom is -0.477 e. The summed E-state index contributed by atoms with van der Waals surface area (Å²) in [6, 6.07) is 16.3. The zero-order valence-corrected chi connectivity index (χ0v) is 19.7. The van der Waals surface area contributed by atoms with Crippen molar-refractivity contribution >= 4 is 18.0 Å². The first-order valence-corrected chi connectivity index (χ1v) is 11.4. The molecule has 0 aliphatic heterocycles. The summed E-state index contributed by atoms with van der Waals surface area (Å²) in [6.45, 7) is 2.42. The summed E-state index contributed by atoms with van der Waals surface area (Å²) in [5.74, 6) is -1.50. The first kappa shape index (κ1) is 24.0. The van der Waals surface area contributed by atoms with Gasteiger partial charge in [0.1, 0.15) is 6.61 Å². The molecule has 0 spiro atoms. The van der Waals surface area contributed by atoms with E-state index in [-0.39, 0.29) is 49.6 Å². The number of aromatic carboxylic acids is 1. The van der Waals surface area contributed by atoms with Crippen molar-refractivity contribution < 1.29 is 24.2 Å². The molecular weight excluding hydrogens is 448 g/mol. The van der Waals surface area contributed by atoms with Gasteiger partial charge in [-0.2, -0.15) is 5.10 Å². The van der Waals surface area contributed by atoms with E-state index in [4.69, 9.17) is 4.74 Å². The molecule has 0 radical (unpaired) electrons. The Kier molecular flexibility index (Phi) is 7.14. The molecule has 3 N–H and O–H groups in total. The zero-order chi connectivity index (χ0) is 24.9. The fraction of sp³-hybridized carbons (Fsp3) is 0.308. The lowest BCUT2D eigenvalue weighted by Gasteiger charge is -2.16. The third kappa shape index (κ3) is 5.34. The van der Waals surface area contributed by atoms with Crippen molar-refractivity contribution in [2.24, 2.45) is 13.0 Å². The van der Waals surface area contributed by atoms with E-state index in [1.807, 2.05) is 31.2 Å². The van der Waals surface area contributed by atoms with Gasteiger partial charge in [0, 0.05) is 38.0 Å². The molecule has 35 heavy (non-hydrogen) atoms. The molecule has 182 valence electrons. The Labute approximate surface area is 203 Å². The molecular formula is C26H28N4O5. The number of carboxylic acids is 1. The first-order valence-electron chi connectivity index (χ1n) is 11.4. The van der Waals surface area contributed by atoms with Gasteiger partial charge in [-0.05, 0) is 28.2 Å². The van der Waals surface area contributed by atoms with Crippen molar-refractivity contribution in [1.29, 1.82) is 0 Å². The second-order valence-electron chi connectivity index (χ2n) is 8.74. The Morgan fingerprint density at radius 2 is 1.69 bits per heavy atom. The van der Waals surface area contributed by atoms with E-state index in [0.29, 0.717) is 5.56 Å². The number of ether oxygens (including phenoxy) is 1. The van der Waals surface area contributed by atoms with Crippen LogP contribution in [0.1, 0.15) is 46.4 Å². The van der Waals surface area contributed by atoms with E-state index in [0.717, 1.165) is 11.1 Å². The molecule has 1 aromatic heterocycles. The number of rotatable bonds is 9. The average Bonchev–Trinajstić information content (AvgIpc) is 3.37. The van der Waals surface area contributed by atoms with Crippen molar-refractivity contribution in [2.45, 2.75) is 25.8 Å². The molecule has 1 unspecified atom stereocenters. The normalized spacial score (nSPS) is 13.0. The predicted octanol–water partition coefficient (Wildman–Crippen LogP) is 3.30. The van der Waals surface area contributed by atoms with E-state index in [9.17, 15) is 19.5 Å². The second-order valence-corrected chi connectivity index (χ2v) is 8.74. The van der Waals surface area contributed by atoms with Crippen LogP contribution in [0.25, 0.3) is 11.1 Å². The van der Waals surface area contributed by atoms with Crippen LogP contribution < -0.4 is 10.6 Å². The van der Waals surface area contributed by atoms with Crippen LogP contribution in [0.4, 0.5) is 4.79 Å². The number of hydrogen-bond acceptors (Lipinski definition) is 5. The standard InChI is InChI=1S/C26H28N4O5/c1-16(11-23(31)27-13-17-14-29-30(2)24(17)25(32)33)12-28-26(34)35-15-22-20-9-5-3-7-18(20)19-8-4-6-10-21(19)22/h3-10,14,16,22H,11-13,15H2,1-2H3,(H,27,31)(H,28,34)(H,32,33). The van der Waals surface area contributed by atoms with Crippen LogP contribution in [0, 0.1) is 5.92 Å². The van der Waals surface area contributed by atoms with Crippen LogP contribution >= 0.6 is 0 Å². The Morgan fingerprint density at radius 1 is 1.06 bits per heavy atom. The van der Waals surface area contributed by atoms with Crippen LogP contribution in [0.15, 0.2) is 54.7 Å². The first-order chi connectivity index (χ1) is 16.8. The summed E-state index contributed by atoms with van der Waals surface area (Å²) in [5.41, 5.74) is 5.09. The molecule has 1 aliphatic rings. The van der Waals surface area contributed by atoms with Gasteiger partial charge in [-0.15, -0.1) is 0 Å². The zero-order valence-electron chi connectivity index (χ0n) is 19.7. The maximum Gasteiger partial charge on any atom is 0.407 e. The van der Waals surface area contributed by atoms with Gasteiger partial charge in [0.05, 0.1) is 6.20 Å². The number of nitrogens with zero attached hydrogens (tertiary/aromatic N) is 2. The number of aryl methyl sites for hydroxylation is 1. The summed E-state index contributed by atoms with van der Waals surface area (Å²) < 4.78 is 6.78. The van der Waals surface area contributed by atoms with Gasteiger partial charge in [-0.1, -0.05) is 55.5 Å². The van der Waals surface area contributed by atoms with E-state index in [1.165, 1.54) is 29.1 Å². The SMILES string of the molecule is CC(CNC(=O)OCC1c2ccccc2-c2ccccc21)CC(=O)NCc1cnn(C)c1C(=O)O. The van der Waals surface area contributed by atoms with E-state index < -0.39 is 12.1 Å². The molecule has 1 aliphatic carbocycles. The van der Waals surface area contributed by atoms with Crippen LogP contribution in [-0.2, 0) is 23.1 Å². The van der Waals surface area contributed by atoms with Crippen LogP contribution in [0.5, 0.6) is 0 Å². The van der Waals surface area contributed by atoms with Gasteiger partial charge in [-0.3, -0.25) is 9.48 Å². The number of carbonyl (C=O) groups excluding carboxylic acids is 2. The maximum atomic E-state index is 12.3. The number of benzene rings is 2. The molecule has 9 heteroatoms. The highest BCUT2D eigenvalue weighted by atomic mass is 16.5. The van der Waals surface area contributed by atoms with Crippen LogP contribution in [0.2, 0.25) is 0 Å². The number of alkyl carbamates (subject to hydrolysis) is 1. The number of hydrogen-bond donors (Lipinski definition) is 3. The summed E-state index contributed by atoms with van der Waals surface area (Å²) in [5, 5.41) is 18.6. The van der Waals surface area contributed by atoms with Crippen molar-refractivity contribution in [3.05, 3.63) is 77.1 Å². The molecule has 0 saturated carbocycles. The number of carbonyl (C=O) groups is 3. The van der Waals surface area contributed by atoms with Crippen molar-refractivity contribution in [2.75, 3.05) is 13.2 Å². The molecule has 1 atom stereocenters. The molecule has 0 bridgehead atoms.